The highest BCUT2D eigenvalue weighted by atomic mass is 19.4. The predicted molar refractivity (Wildman–Crippen MR) is 87.9 cm³/mol. The van der Waals surface area contributed by atoms with Crippen molar-refractivity contribution in [2.45, 2.75) is 50.4 Å². The fourth-order valence-corrected chi connectivity index (χ4v) is 5.54. The monoisotopic (exact) mass is 363 g/mol. The summed E-state index contributed by atoms with van der Waals surface area (Å²) in [5.74, 6) is 3.44. The van der Waals surface area contributed by atoms with E-state index in [0.29, 0.717) is 17.9 Å². The van der Waals surface area contributed by atoms with Crippen molar-refractivity contribution in [2.24, 2.45) is 17.8 Å². The highest BCUT2D eigenvalue weighted by Crippen LogP contribution is 2.59. The third-order valence-electron chi connectivity index (χ3n) is 6.47. The molecule has 4 aliphatic carbocycles. The van der Waals surface area contributed by atoms with Crippen molar-refractivity contribution < 1.29 is 17.7 Å². The summed E-state index contributed by atoms with van der Waals surface area (Å²) in [6, 6.07) is 4.79. The third-order valence-corrected chi connectivity index (χ3v) is 6.47. The number of hydrogen-bond donors (Lipinski definition) is 1. The standard InChI is InChI=1S/C19H20F3N3O/c20-19(21,22)15-3-1-12(2-4-15)17-24-16(25-26-17)10-23-18-7-11-5-13(8-18)14(6-11)9-18/h1-4,11,13-14,23H,5-10H2. The van der Waals surface area contributed by atoms with Crippen LogP contribution in [0.4, 0.5) is 13.2 Å². The Morgan fingerprint density at radius 1 is 1.08 bits per heavy atom. The Balaban J connectivity index is 1.26. The maximum atomic E-state index is 12.6. The van der Waals surface area contributed by atoms with Crippen LogP contribution in [0.5, 0.6) is 0 Å². The van der Waals surface area contributed by atoms with E-state index < -0.39 is 11.7 Å². The molecular weight excluding hydrogens is 343 g/mol. The maximum absolute atomic E-state index is 12.6. The number of alkyl halides is 3. The molecule has 26 heavy (non-hydrogen) atoms. The molecular formula is C19H20F3N3O. The average Bonchev–Trinajstić information content (AvgIpc) is 3.24. The lowest BCUT2D eigenvalue weighted by Crippen LogP contribution is -2.47. The summed E-state index contributed by atoms with van der Waals surface area (Å²) in [5, 5.41) is 7.65. The molecule has 0 amide bonds. The van der Waals surface area contributed by atoms with E-state index >= 15 is 0 Å². The maximum Gasteiger partial charge on any atom is 0.416 e. The van der Waals surface area contributed by atoms with Crippen molar-refractivity contribution in [1.29, 1.82) is 0 Å². The van der Waals surface area contributed by atoms with Gasteiger partial charge in [-0.15, -0.1) is 0 Å². The first-order valence-corrected chi connectivity index (χ1v) is 9.15. The Morgan fingerprint density at radius 2 is 1.77 bits per heavy atom. The van der Waals surface area contributed by atoms with Crippen LogP contribution < -0.4 is 5.32 Å². The van der Waals surface area contributed by atoms with Crippen molar-refractivity contribution in [3.05, 3.63) is 35.7 Å². The van der Waals surface area contributed by atoms with E-state index in [4.69, 9.17) is 4.52 Å². The van der Waals surface area contributed by atoms with E-state index in [0.717, 1.165) is 29.9 Å². The van der Waals surface area contributed by atoms with Gasteiger partial charge in [-0.25, -0.2) is 0 Å². The molecule has 4 saturated carbocycles. The molecule has 2 unspecified atom stereocenters. The molecule has 6 rings (SSSR count). The van der Waals surface area contributed by atoms with Crippen LogP contribution in [0.15, 0.2) is 28.8 Å². The van der Waals surface area contributed by atoms with Crippen molar-refractivity contribution >= 4 is 0 Å². The lowest BCUT2D eigenvalue weighted by molar-refractivity contribution is -0.137. The Kier molecular flexibility index (Phi) is 3.48. The van der Waals surface area contributed by atoms with E-state index in [1.807, 2.05) is 0 Å². The van der Waals surface area contributed by atoms with Gasteiger partial charge < -0.3 is 9.84 Å². The largest absolute Gasteiger partial charge is 0.416 e. The highest BCUT2D eigenvalue weighted by molar-refractivity contribution is 5.53. The Bertz CT molecular complexity index is 795. The highest BCUT2D eigenvalue weighted by Gasteiger charge is 2.55. The van der Waals surface area contributed by atoms with Crippen LogP contribution in [0.2, 0.25) is 0 Å². The van der Waals surface area contributed by atoms with E-state index in [1.54, 1.807) is 0 Å². The molecule has 2 aromatic rings. The van der Waals surface area contributed by atoms with Gasteiger partial charge in [0.05, 0.1) is 12.1 Å². The predicted octanol–water partition coefficient (Wildman–Crippen LogP) is 4.42. The molecule has 4 aliphatic rings. The molecule has 0 saturated heterocycles. The Hall–Kier alpha value is -1.89. The van der Waals surface area contributed by atoms with Gasteiger partial charge in [0.2, 0.25) is 0 Å². The zero-order chi connectivity index (χ0) is 17.9. The molecule has 4 fully saturated rings. The molecule has 1 aromatic heterocycles. The van der Waals surface area contributed by atoms with Gasteiger partial charge in [0, 0.05) is 11.1 Å². The fourth-order valence-electron chi connectivity index (χ4n) is 5.54. The molecule has 2 atom stereocenters. The second-order valence-corrected chi connectivity index (χ2v) is 8.19. The van der Waals surface area contributed by atoms with Crippen molar-refractivity contribution in [2.75, 3.05) is 0 Å². The first-order chi connectivity index (χ1) is 12.4. The summed E-state index contributed by atoms with van der Waals surface area (Å²) in [6.45, 7) is 0.538. The zero-order valence-corrected chi connectivity index (χ0v) is 14.2. The summed E-state index contributed by atoms with van der Waals surface area (Å²) < 4.78 is 43.2. The second-order valence-electron chi connectivity index (χ2n) is 8.19. The normalized spacial score (nSPS) is 32.5. The lowest BCUT2D eigenvalue weighted by atomic mass is 9.76. The van der Waals surface area contributed by atoms with Crippen molar-refractivity contribution in [3.8, 4) is 11.5 Å². The van der Waals surface area contributed by atoms with Crippen LogP contribution in [-0.2, 0) is 12.7 Å². The van der Waals surface area contributed by atoms with Crippen molar-refractivity contribution in [1.82, 2.24) is 15.5 Å². The molecule has 0 aliphatic heterocycles. The number of halogens is 3. The summed E-state index contributed by atoms with van der Waals surface area (Å²) in [6.07, 6.45) is 2.18. The number of nitrogens with zero attached hydrogens (tertiary/aromatic N) is 2. The fraction of sp³-hybridized carbons (Fsp3) is 0.579. The number of hydrogen-bond acceptors (Lipinski definition) is 4. The Labute approximate surface area is 149 Å². The van der Waals surface area contributed by atoms with Gasteiger partial charge in [0.15, 0.2) is 5.82 Å². The molecule has 1 heterocycles. The first kappa shape index (κ1) is 16.3. The smallest absolute Gasteiger partial charge is 0.334 e. The summed E-state index contributed by atoms with van der Waals surface area (Å²) in [4.78, 5) is 4.34. The van der Waals surface area contributed by atoms with Gasteiger partial charge in [-0.1, -0.05) is 5.16 Å². The van der Waals surface area contributed by atoms with Gasteiger partial charge in [-0.05, 0) is 74.1 Å². The van der Waals surface area contributed by atoms with Gasteiger partial charge in [0.25, 0.3) is 5.89 Å². The second kappa shape index (κ2) is 5.55. The van der Waals surface area contributed by atoms with E-state index in [1.165, 1.54) is 44.2 Å². The zero-order valence-electron chi connectivity index (χ0n) is 14.2. The first-order valence-electron chi connectivity index (χ1n) is 9.15. The lowest BCUT2D eigenvalue weighted by Gasteiger charge is -2.39. The van der Waals surface area contributed by atoms with Crippen molar-refractivity contribution in [3.63, 3.8) is 0 Å². The molecule has 4 bridgehead atoms. The van der Waals surface area contributed by atoms with Gasteiger partial charge in [-0.2, -0.15) is 18.2 Å². The topological polar surface area (TPSA) is 51.0 Å². The van der Waals surface area contributed by atoms with Crippen LogP contribution in [0.1, 0.15) is 43.5 Å². The molecule has 4 nitrogen and oxygen atoms in total. The van der Waals surface area contributed by atoms with Crippen LogP contribution in [0.3, 0.4) is 0 Å². The summed E-state index contributed by atoms with van der Waals surface area (Å²) in [7, 11) is 0. The quantitative estimate of drug-likeness (QED) is 0.873. The molecule has 1 N–H and O–H groups in total. The minimum Gasteiger partial charge on any atom is -0.334 e. The summed E-state index contributed by atoms with van der Waals surface area (Å²) in [5.41, 5.74) is 0.0363. The molecule has 0 radical (unpaired) electrons. The molecule has 0 spiro atoms. The van der Waals surface area contributed by atoms with Crippen LogP contribution in [0, 0.1) is 17.8 Å². The number of rotatable bonds is 4. The molecule has 138 valence electrons. The van der Waals surface area contributed by atoms with E-state index in [2.05, 4.69) is 15.5 Å². The van der Waals surface area contributed by atoms with E-state index in [-0.39, 0.29) is 11.4 Å². The SMILES string of the molecule is FC(F)(F)c1ccc(-c2nc(CNC34CC5CC(C3)C(C5)C4)no2)cc1. The number of nitrogens with one attached hydrogen (secondary N) is 1. The Morgan fingerprint density at radius 3 is 2.38 bits per heavy atom. The van der Waals surface area contributed by atoms with Gasteiger partial charge >= 0.3 is 6.18 Å². The molecule has 7 heteroatoms. The van der Waals surface area contributed by atoms with Crippen LogP contribution in [0.25, 0.3) is 11.5 Å². The van der Waals surface area contributed by atoms with E-state index in [9.17, 15) is 13.2 Å². The van der Waals surface area contributed by atoms with Crippen LogP contribution >= 0.6 is 0 Å². The average molecular weight is 363 g/mol. The van der Waals surface area contributed by atoms with Crippen LogP contribution in [-0.4, -0.2) is 15.7 Å². The third kappa shape index (κ3) is 2.73. The van der Waals surface area contributed by atoms with Gasteiger partial charge in [0.1, 0.15) is 0 Å². The van der Waals surface area contributed by atoms with Gasteiger partial charge in [-0.3, -0.25) is 0 Å². The number of aromatic nitrogens is 2. The minimum atomic E-state index is -4.35. The minimum absolute atomic E-state index is 0.228. The number of benzene rings is 1. The summed E-state index contributed by atoms with van der Waals surface area (Å²) >= 11 is 0. The molecule has 1 aromatic carbocycles.